The molecule has 3 rings (SSSR count). The second-order valence-corrected chi connectivity index (χ2v) is 4.96. The number of rotatable bonds is 4. The largest absolute Gasteiger partial charge is 0.477 e. The molecule has 3 heterocycles. The second kappa shape index (κ2) is 5.21. The summed E-state index contributed by atoms with van der Waals surface area (Å²) in [6, 6.07) is 0. The van der Waals surface area contributed by atoms with Crippen molar-refractivity contribution in [3.8, 4) is 17.1 Å². The van der Waals surface area contributed by atoms with Gasteiger partial charge in [-0.15, -0.1) is 0 Å². The first-order chi connectivity index (χ1) is 10.1. The minimum atomic E-state index is -1.09. The smallest absolute Gasteiger partial charge is 0.343 e. The lowest BCUT2D eigenvalue weighted by Crippen LogP contribution is -2.28. The number of fused-ring (bicyclic) bond motifs is 1. The SMILES string of the molecule is CCn1cc(-c2nn3c(c2C(=O)O)OCC(CO)C3)cn1. The molecule has 0 radical (unpaired) electrons. The van der Waals surface area contributed by atoms with E-state index in [2.05, 4.69) is 10.2 Å². The fourth-order valence-corrected chi connectivity index (χ4v) is 2.38. The molecule has 1 aliphatic rings. The number of carboxylic acids is 1. The normalized spacial score (nSPS) is 17.3. The molecule has 1 aliphatic heterocycles. The zero-order valence-electron chi connectivity index (χ0n) is 11.6. The molecule has 0 spiro atoms. The van der Waals surface area contributed by atoms with Crippen molar-refractivity contribution in [2.75, 3.05) is 13.2 Å². The molecule has 0 aliphatic carbocycles. The molecule has 2 aromatic rings. The molecule has 0 fully saturated rings. The van der Waals surface area contributed by atoms with Gasteiger partial charge in [0.15, 0.2) is 0 Å². The van der Waals surface area contributed by atoms with Gasteiger partial charge in [-0.2, -0.15) is 10.2 Å². The number of carboxylic acid groups (broad SMARTS) is 1. The maximum atomic E-state index is 11.5. The van der Waals surface area contributed by atoms with Gasteiger partial charge in [0.05, 0.1) is 26.0 Å². The Morgan fingerprint density at radius 3 is 3.00 bits per heavy atom. The van der Waals surface area contributed by atoms with Crippen LogP contribution in [-0.2, 0) is 13.1 Å². The van der Waals surface area contributed by atoms with E-state index < -0.39 is 5.97 Å². The molecule has 1 unspecified atom stereocenters. The zero-order valence-corrected chi connectivity index (χ0v) is 11.6. The van der Waals surface area contributed by atoms with Crippen LogP contribution >= 0.6 is 0 Å². The Morgan fingerprint density at radius 2 is 2.38 bits per heavy atom. The fourth-order valence-electron chi connectivity index (χ4n) is 2.38. The molecule has 112 valence electrons. The number of nitrogens with zero attached hydrogens (tertiary/aromatic N) is 4. The van der Waals surface area contributed by atoms with Crippen LogP contribution < -0.4 is 4.74 Å². The molecule has 1 atom stereocenters. The number of aromatic carboxylic acids is 1. The van der Waals surface area contributed by atoms with Crippen molar-refractivity contribution >= 4 is 5.97 Å². The Morgan fingerprint density at radius 1 is 1.57 bits per heavy atom. The number of aliphatic hydroxyl groups excluding tert-OH is 1. The van der Waals surface area contributed by atoms with Gasteiger partial charge in [0.25, 0.3) is 0 Å². The number of ether oxygens (including phenoxy) is 1. The van der Waals surface area contributed by atoms with Gasteiger partial charge in [-0.1, -0.05) is 0 Å². The minimum absolute atomic E-state index is 0.0230. The van der Waals surface area contributed by atoms with Crippen LogP contribution in [0.2, 0.25) is 0 Å². The van der Waals surface area contributed by atoms with Gasteiger partial charge >= 0.3 is 5.97 Å². The number of carbonyl (C=O) groups is 1. The summed E-state index contributed by atoms with van der Waals surface area (Å²) in [5.74, 6) is -0.922. The van der Waals surface area contributed by atoms with Gasteiger partial charge < -0.3 is 14.9 Å². The third kappa shape index (κ3) is 2.27. The van der Waals surface area contributed by atoms with Crippen LogP contribution in [0.5, 0.6) is 5.88 Å². The summed E-state index contributed by atoms with van der Waals surface area (Å²) in [6.07, 6.45) is 3.35. The van der Waals surface area contributed by atoms with E-state index in [0.29, 0.717) is 24.3 Å². The average Bonchev–Trinajstić information content (AvgIpc) is 3.09. The number of aliphatic hydroxyl groups is 1. The van der Waals surface area contributed by atoms with Crippen LogP contribution in [0.15, 0.2) is 12.4 Å². The Labute approximate surface area is 120 Å². The second-order valence-electron chi connectivity index (χ2n) is 4.96. The van der Waals surface area contributed by atoms with E-state index in [9.17, 15) is 15.0 Å². The number of aryl methyl sites for hydroxylation is 1. The topological polar surface area (TPSA) is 102 Å². The number of hydrogen-bond donors (Lipinski definition) is 2. The summed E-state index contributed by atoms with van der Waals surface area (Å²) in [5.41, 5.74) is 1.03. The molecule has 0 saturated carbocycles. The Kier molecular flexibility index (Phi) is 3.38. The zero-order chi connectivity index (χ0) is 15.0. The van der Waals surface area contributed by atoms with Crippen molar-refractivity contribution in [1.82, 2.24) is 19.6 Å². The van der Waals surface area contributed by atoms with Crippen LogP contribution in [0.4, 0.5) is 0 Å². The molecule has 8 heteroatoms. The van der Waals surface area contributed by atoms with Gasteiger partial charge in [0.2, 0.25) is 5.88 Å². The standard InChI is InChI=1S/C13H16N4O4/c1-2-16-5-9(3-14-16)11-10(13(19)20)12-17(15-11)4-8(6-18)7-21-12/h3,5,8,18H,2,4,6-7H2,1H3,(H,19,20). The van der Waals surface area contributed by atoms with Crippen molar-refractivity contribution in [3.63, 3.8) is 0 Å². The van der Waals surface area contributed by atoms with Crippen molar-refractivity contribution in [1.29, 1.82) is 0 Å². The van der Waals surface area contributed by atoms with Crippen LogP contribution in [0.3, 0.4) is 0 Å². The first-order valence-corrected chi connectivity index (χ1v) is 6.74. The summed E-state index contributed by atoms with van der Waals surface area (Å²) in [7, 11) is 0. The number of aromatic nitrogens is 4. The van der Waals surface area contributed by atoms with Crippen molar-refractivity contribution < 1.29 is 19.7 Å². The van der Waals surface area contributed by atoms with Crippen LogP contribution in [-0.4, -0.2) is 49.0 Å². The van der Waals surface area contributed by atoms with Crippen LogP contribution in [0, 0.1) is 5.92 Å². The number of hydrogen-bond acceptors (Lipinski definition) is 5. The molecule has 2 aromatic heterocycles. The van der Waals surface area contributed by atoms with Gasteiger partial charge in [0.1, 0.15) is 11.3 Å². The molecule has 0 saturated heterocycles. The van der Waals surface area contributed by atoms with E-state index in [1.807, 2.05) is 6.92 Å². The van der Waals surface area contributed by atoms with E-state index in [1.165, 1.54) is 4.68 Å². The summed E-state index contributed by atoms with van der Waals surface area (Å²) >= 11 is 0. The van der Waals surface area contributed by atoms with E-state index >= 15 is 0 Å². The van der Waals surface area contributed by atoms with Crippen molar-refractivity contribution in [3.05, 3.63) is 18.0 Å². The minimum Gasteiger partial charge on any atom is -0.477 e. The third-order valence-corrected chi connectivity index (χ3v) is 3.50. The first-order valence-electron chi connectivity index (χ1n) is 6.74. The maximum Gasteiger partial charge on any atom is 0.343 e. The summed E-state index contributed by atoms with van der Waals surface area (Å²) < 4.78 is 8.70. The average molecular weight is 292 g/mol. The van der Waals surface area contributed by atoms with Crippen molar-refractivity contribution in [2.24, 2.45) is 5.92 Å². The molecule has 8 nitrogen and oxygen atoms in total. The Bertz CT molecular complexity index is 676. The van der Waals surface area contributed by atoms with E-state index in [1.54, 1.807) is 17.1 Å². The van der Waals surface area contributed by atoms with Gasteiger partial charge in [-0.25, -0.2) is 9.48 Å². The molecule has 21 heavy (non-hydrogen) atoms. The fraction of sp³-hybridized carbons (Fsp3) is 0.462. The van der Waals surface area contributed by atoms with Crippen LogP contribution in [0.1, 0.15) is 17.3 Å². The van der Waals surface area contributed by atoms with Gasteiger partial charge in [-0.3, -0.25) is 4.68 Å². The van der Waals surface area contributed by atoms with E-state index in [-0.39, 0.29) is 30.6 Å². The molecule has 0 amide bonds. The van der Waals surface area contributed by atoms with Crippen molar-refractivity contribution in [2.45, 2.75) is 20.0 Å². The molecule has 0 bridgehead atoms. The molecule has 2 N–H and O–H groups in total. The predicted octanol–water partition coefficient (Wildman–Crippen LogP) is 0.466. The maximum absolute atomic E-state index is 11.5. The molecule has 0 aromatic carbocycles. The molecular formula is C13H16N4O4. The highest BCUT2D eigenvalue weighted by Gasteiger charge is 2.31. The highest BCUT2D eigenvalue weighted by atomic mass is 16.5. The summed E-state index contributed by atoms with van der Waals surface area (Å²) in [5, 5.41) is 27.1. The van der Waals surface area contributed by atoms with Gasteiger partial charge in [-0.05, 0) is 6.92 Å². The summed E-state index contributed by atoms with van der Waals surface area (Å²) in [6.45, 7) is 3.34. The lowest BCUT2D eigenvalue weighted by Gasteiger charge is -2.22. The Balaban J connectivity index is 2.08. The van der Waals surface area contributed by atoms with E-state index in [0.717, 1.165) is 0 Å². The quantitative estimate of drug-likeness (QED) is 0.849. The predicted molar refractivity (Wildman–Crippen MR) is 72.2 cm³/mol. The Hall–Kier alpha value is -2.35. The summed E-state index contributed by atoms with van der Waals surface area (Å²) in [4.78, 5) is 11.5. The lowest BCUT2D eigenvalue weighted by molar-refractivity contribution is 0.0680. The monoisotopic (exact) mass is 292 g/mol. The van der Waals surface area contributed by atoms with E-state index in [4.69, 9.17) is 4.74 Å². The van der Waals surface area contributed by atoms with Gasteiger partial charge in [0, 0.05) is 24.2 Å². The first kappa shape index (κ1) is 13.6. The third-order valence-electron chi connectivity index (χ3n) is 3.50. The highest BCUT2D eigenvalue weighted by Crippen LogP contribution is 2.33. The highest BCUT2D eigenvalue weighted by molar-refractivity contribution is 5.97. The lowest BCUT2D eigenvalue weighted by atomic mass is 10.1. The van der Waals surface area contributed by atoms with Crippen LogP contribution in [0.25, 0.3) is 11.3 Å². The molecular weight excluding hydrogens is 276 g/mol.